The third-order valence-electron chi connectivity index (χ3n) is 4.84. The topological polar surface area (TPSA) is 59.1 Å². The maximum Gasteiger partial charge on any atom is 0.260 e. The van der Waals surface area contributed by atoms with Crippen LogP contribution < -0.4 is 9.47 Å². The molecule has 1 aromatic carbocycles. The van der Waals surface area contributed by atoms with E-state index >= 15 is 0 Å². The van der Waals surface area contributed by atoms with E-state index < -0.39 is 0 Å². The SMILES string of the molecule is CCCCN(C)C(=O)C1CCN(C(=O)COc2ccccc2OC)CC1. The predicted octanol–water partition coefficient (Wildman–Crippen LogP) is 2.57. The number of para-hydroxylation sites is 2. The van der Waals surface area contributed by atoms with Crippen molar-refractivity contribution in [3.05, 3.63) is 24.3 Å². The first kappa shape index (κ1) is 20.1. The van der Waals surface area contributed by atoms with E-state index in [0.717, 1.165) is 32.2 Å². The van der Waals surface area contributed by atoms with Gasteiger partial charge in [-0.15, -0.1) is 0 Å². The van der Waals surface area contributed by atoms with Crippen LogP contribution in [0.4, 0.5) is 0 Å². The van der Waals surface area contributed by atoms with Gasteiger partial charge in [0.25, 0.3) is 5.91 Å². The van der Waals surface area contributed by atoms with Crippen molar-refractivity contribution in [2.45, 2.75) is 32.6 Å². The van der Waals surface area contributed by atoms with Crippen molar-refractivity contribution in [2.24, 2.45) is 5.92 Å². The number of nitrogens with zero attached hydrogens (tertiary/aromatic N) is 2. The summed E-state index contributed by atoms with van der Waals surface area (Å²) >= 11 is 0. The van der Waals surface area contributed by atoms with Crippen molar-refractivity contribution in [1.29, 1.82) is 0 Å². The van der Waals surface area contributed by atoms with Gasteiger partial charge < -0.3 is 19.3 Å². The number of ether oxygens (including phenoxy) is 2. The number of methoxy groups -OCH3 is 1. The zero-order valence-electron chi connectivity index (χ0n) is 16.1. The standard InChI is InChI=1S/C20H30N2O4/c1-4-5-12-21(2)20(24)16-10-13-22(14-11-16)19(23)15-26-18-9-7-6-8-17(18)25-3/h6-9,16H,4-5,10-15H2,1-3H3. The van der Waals surface area contributed by atoms with Crippen LogP contribution in [-0.4, -0.2) is 62.0 Å². The van der Waals surface area contributed by atoms with Gasteiger partial charge in [-0.2, -0.15) is 0 Å². The highest BCUT2D eigenvalue weighted by molar-refractivity contribution is 5.80. The van der Waals surface area contributed by atoms with Gasteiger partial charge in [0.05, 0.1) is 7.11 Å². The number of likely N-dealkylation sites (tertiary alicyclic amines) is 1. The number of amides is 2. The van der Waals surface area contributed by atoms with Crippen LogP contribution in [-0.2, 0) is 9.59 Å². The van der Waals surface area contributed by atoms with Crippen LogP contribution in [0.25, 0.3) is 0 Å². The molecule has 0 bridgehead atoms. The Balaban J connectivity index is 1.78. The van der Waals surface area contributed by atoms with Crippen molar-refractivity contribution >= 4 is 11.8 Å². The van der Waals surface area contributed by atoms with E-state index in [9.17, 15) is 9.59 Å². The molecule has 26 heavy (non-hydrogen) atoms. The molecule has 2 amide bonds. The quantitative estimate of drug-likeness (QED) is 0.713. The summed E-state index contributed by atoms with van der Waals surface area (Å²) in [6.07, 6.45) is 3.54. The van der Waals surface area contributed by atoms with Gasteiger partial charge in [0.1, 0.15) is 0 Å². The Bertz CT molecular complexity index is 597. The Kier molecular flexibility index (Phi) is 7.75. The molecule has 1 saturated heterocycles. The van der Waals surface area contributed by atoms with Crippen molar-refractivity contribution in [3.63, 3.8) is 0 Å². The zero-order valence-corrected chi connectivity index (χ0v) is 16.1. The third kappa shape index (κ3) is 5.38. The van der Waals surface area contributed by atoms with Crippen LogP contribution in [0.5, 0.6) is 11.5 Å². The maximum absolute atomic E-state index is 12.4. The lowest BCUT2D eigenvalue weighted by molar-refractivity contribution is -0.140. The van der Waals surface area contributed by atoms with E-state index in [0.29, 0.717) is 24.6 Å². The highest BCUT2D eigenvalue weighted by Gasteiger charge is 2.29. The summed E-state index contributed by atoms with van der Waals surface area (Å²) in [5, 5.41) is 0. The molecule has 0 aromatic heterocycles. The number of piperidine rings is 1. The van der Waals surface area contributed by atoms with Gasteiger partial charge in [-0.1, -0.05) is 25.5 Å². The average Bonchev–Trinajstić information content (AvgIpc) is 2.69. The van der Waals surface area contributed by atoms with E-state index in [4.69, 9.17) is 9.47 Å². The fraction of sp³-hybridized carbons (Fsp3) is 0.600. The van der Waals surface area contributed by atoms with Crippen molar-refractivity contribution in [3.8, 4) is 11.5 Å². The van der Waals surface area contributed by atoms with Gasteiger partial charge in [0.15, 0.2) is 18.1 Å². The first-order chi connectivity index (χ1) is 12.6. The third-order valence-corrected chi connectivity index (χ3v) is 4.84. The molecule has 2 rings (SSSR count). The Labute approximate surface area is 156 Å². The first-order valence-corrected chi connectivity index (χ1v) is 9.35. The monoisotopic (exact) mass is 362 g/mol. The van der Waals surface area contributed by atoms with Crippen molar-refractivity contribution in [1.82, 2.24) is 9.80 Å². The Morgan fingerprint density at radius 1 is 1.19 bits per heavy atom. The first-order valence-electron chi connectivity index (χ1n) is 9.35. The Morgan fingerprint density at radius 3 is 2.46 bits per heavy atom. The summed E-state index contributed by atoms with van der Waals surface area (Å²) in [4.78, 5) is 28.4. The molecule has 0 aliphatic carbocycles. The van der Waals surface area contributed by atoms with Gasteiger partial charge in [-0.3, -0.25) is 9.59 Å². The van der Waals surface area contributed by atoms with Gasteiger partial charge in [0.2, 0.25) is 5.91 Å². The summed E-state index contributed by atoms with van der Waals surface area (Å²) < 4.78 is 10.8. The van der Waals surface area contributed by atoms with Gasteiger partial charge in [-0.25, -0.2) is 0 Å². The molecule has 0 atom stereocenters. The summed E-state index contributed by atoms with van der Waals surface area (Å²) in [7, 11) is 3.44. The number of unbranched alkanes of at least 4 members (excludes halogenated alkanes) is 1. The summed E-state index contributed by atoms with van der Waals surface area (Å²) in [6.45, 7) is 4.12. The highest BCUT2D eigenvalue weighted by atomic mass is 16.5. The lowest BCUT2D eigenvalue weighted by Gasteiger charge is -2.33. The lowest BCUT2D eigenvalue weighted by atomic mass is 9.95. The molecule has 1 aliphatic heterocycles. The fourth-order valence-corrected chi connectivity index (χ4v) is 3.16. The van der Waals surface area contributed by atoms with E-state index in [1.807, 2.05) is 24.1 Å². The molecular weight excluding hydrogens is 332 g/mol. The van der Waals surface area contributed by atoms with Crippen LogP contribution in [0.2, 0.25) is 0 Å². The number of carbonyl (C=O) groups excluding carboxylic acids is 2. The summed E-state index contributed by atoms with van der Waals surface area (Å²) in [5.74, 6) is 1.35. The van der Waals surface area contributed by atoms with Gasteiger partial charge in [0, 0.05) is 32.6 Å². The molecule has 1 aromatic rings. The Hall–Kier alpha value is -2.24. The second kappa shape index (κ2) is 10.0. The zero-order chi connectivity index (χ0) is 18.9. The van der Waals surface area contributed by atoms with Gasteiger partial charge >= 0.3 is 0 Å². The molecule has 6 nitrogen and oxygen atoms in total. The molecule has 0 radical (unpaired) electrons. The molecular formula is C20H30N2O4. The van der Waals surface area contributed by atoms with Crippen LogP contribution >= 0.6 is 0 Å². The van der Waals surface area contributed by atoms with E-state index in [-0.39, 0.29) is 24.3 Å². The number of hydrogen-bond acceptors (Lipinski definition) is 4. The maximum atomic E-state index is 12.4. The number of hydrogen-bond donors (Lipinski definition) is 0. The molecule has 1 fully saturated rings. The largest absolute Gasteiger partial charge is 0.493 e. The smallest absolute Gasteiger partial charge is 0.260 e. The van der Waals surface area contributed by atoms with E-state index in [1.54, 1.807) is 24.1 Å². The van der Waals surface area contributed by atoms with Crippen molar-refractivity contribution < 1.29 is 19.1 Å². The van der Waals surface area contributed by atoms with Crippen LogP contribution in [0.3, 0.4) is 0 Å². The molecule has 144 valence electrons. The minimum Gasteiger partial charge on any atom is -0.493 e. The molecule has 1 aliphatic rings. The molecule has 0 unspecified atom stereocenters. The number of rotatable bonds is 8. The summed E-state index contributed by atoms with van der Waals surface area (Å²) in [6, 6.07) is 7.27. The Morgan fingerprint density at radius 2 is 1.85 bits per heavy atom. The van der Waals surface area contributed by atoms with Gasteiger partial charge in [-0.05, 0) is 31.4 Å². The molecule has 0 saturated carbocycles. The van der Waals surface area contributed by atoms with Crippen LogP contribution in [0.1, 0.15) is 32.6 Å². The molecule has 0 spiro atoms. The van der Waals surface area contributed by atoms with Crippen LogP contribution in [0, 0.1) is 5.92 Å². The molecule has 1 heterocycles. The number of benzene rings is 1. The molecule has 6 heteroatoms. The minimum absolute atomic E-state index is 0.0185. The number of carbonyl (C=O) groups is 2. The fourth-order valence-electron chi connectivity index (χ4n) is 3.16. The minimum atomic E-state index is -0.0545. The average molecular weight is 362 g/mol. The highest BCUT2D eigenvalue weighted by Crippen LogP contribution is 2.26. The predicted molar refractivity (Wildman–Crippen MR) is 100 cm³/mol. The second-order valence-corrected chi connectivity index (χ2v) is 6.71. The second-order valence-electron chi connectivity index (χ2n) is 6.71. The van der Waals surface area contributed by atoms with E-state index in [1.165, 1.54) is 0 Å². The lowest BCUT2D eigenvalue weighted by Crippen LogP contribution is -2.45. The van der Waals surface area contributed by atoms with Crippen LogP contribution in [0.15, 0.2) is 24.3 Å². The van der Waals surface area contributed by atoms with E-state index in [2.05, 4.69) is 6.92 Å². The normalized spacial score (nSPS) is 14.8. The van der Waals surface area contributed by atoms with Crippen molar-refractivity contribution in [2.75, 3.05) is 40.4 Å². The molecule has 0 N–H and O–H groups in total. The summed E-state index contributed by atoms with van der Waals surface area (Å²) in [5.41, 5.74) is 0.